The molecule has 0 saturated heterocycles. The smallest absolute Gasteiger partial charge is 0.266 e. The van der Waals surface area contributed by atoms with Crippen molar-refractivity contribution in [1.82, 2.24) is 9.38 Å². The first-order valence-electron chi connectivity index (χ1n) is 4.82. The Morgan fingerprint density at radius 2 is 2.00 bits per heavy atom. The van der Waals surface area contributed by atoms with Gasteiger partial charge in [0, 0.05) is 11.6 Å². The molecule has 0 radical (unpaired) electrons. The SMILES string of the molecule is O=c1c(F)cnc2c3ccccc3ccn12. The summed E-state index contributed by atoms with van der Waals surface area (Å²) in [6.45, 7) is 0. The van der Waals surface area contributed by atoms with Gasteiger partial charge in [-0.05, 0) is 11.5 Å². The van der Waals surface area contributed by atoms with Crippen molar-refractivity contribution >= 4 is 16.4 Å². The van der Waals surface area contributed by atoms with Crippen molar-refractivity contribution < 1.29 is 4.39 Å². The van der Waals surface area contributed by atoms with Crippen LogP contribution in [0.5, 0.6) is 0 Å². The fourth-order valence-electron chi connectivity index (χ4n) is 1.78. The van der Waals surface area contributed by atoms with E-state index in [1.807, 2.05) is 24.3 Å². The third-order valence-electron chi connectivity index (χ3n) is 2.56. The Kier molecular flexibility index (Phi) is 1.77. The van der Waals surface area contributed by atoms with Gasteiger partial charge in [-0.2, -0.15) is 4.39 Å². The van der Waals surface area contributed by atoms with E-state index in [1.54, 1.807) is 6.07 Å². The fourth-order valence-corrected chi connectivity index (χ4v) is 1.78. The number of benzene rings is 1. The van der Waals surface area contributed by atoms with Gasteiger partial charge in [0.2, 0.25) is 5.82 Å². The van der Waals surface area contributed by atoms with E-state index in [9.17, 15) is 9.18 Å². The molecule has 0 amide bonds. The van der Waals surface area contributed by atoms with Crippen LogP contribution in [-0.4, -0.2) is 9.38 Å². The summed E-state index contributed by atoms with van der Waals surface area (Å²) < 4.78 is 14.3. The van der Waals surface area contributed by atoms with E-state index in [0.717, 1.165) is 17.0 Å². The van der Waals surface area contributed by atoms with Crippen LogP contribution in [0.3, 0.4) is 0 Å². The number of halogens is 1. The van der Waals surface area contributed by atoms with Crippen molar-refractivity contribution in [2.75, 3.05) is 0 Å². The molecule has 0 aliphatic heterocycles. The minimum absolute atomic E-state index is 0.476. The molecule has 78 valence electrons. The van der Waals surface area contributed by atoms with Crippen LogP contribution in [0.2, 0.25) is 0 Å². The Bertz CT molecular complexity index is 749. The summed E-state index contributed by atoms with van der Waals surface area (Å²) in [4.78, 5) is 15.5. The molecule has 1 aromatic carbocycles. The van der Waals surface area contributed by atoms with Gasteiger partial charge in [0.1, 0.15) is 5.65 Å². The molecule has 0 aliphatic carbocycles. The summed E-state index contributed by atoms with van der Waals surface area (Å²) in [7, 11) is 0. The number of hydrogen-bond acceptors (Lipinski definition) is 2. The molecule has 0 N–H and O–H groups in total. The van der Waals surface area contributed by atoms with E-state index in [0.29, 0.717) is 5.65 Å². The average molecular weight is 214 g/mol. The highest BCUT2D eigenvalue weighted by Gasteiger charge is 2.06. The van der Waals surface area contributed by atoms with Crippen molar-refractivity contribution in [2.45, 2.75) is 0 Å². The predicted octanol–water partition coefficient (Wildman–Crippen LogP) is 1.99. The predicted molar refractivity (Wildman–Crippen MR) is 58.9 cm³/mol. The lowest BCUT2D eigenvalue weighted by atomic mass is 10.2. The number of hydrogen-bond donors (Lipinski definition) is 0. The number of fused-ring (bicyclic) bond motifs is 3. The molecule has 4 heteroatoms. The maximum absolute atomic E-state index is 13.1. The number of pyridine rings is 1. The largest absolute Gasteiger partial charge is 0.293 e. The maximum Gasteiger partial charge on any atom is 0.293 e. The second-order valence-corrected chi connectivity index (χ2v) is 3.51. The topological polar surface area (TPSA) is 34.4 Å². The van der Waals surface area contributed by atoms with Crippen LogP contribution in [-0.2, 0) is 0 Å². The second-order valence-electron chi connectivity index (χ2n) is 3.51. The minimum atomic E-state index is -0.840. The highest BCUT2D eigenvalue weighted by molar-refractivity contribution is 5.93. The summed E-state index contributed by atoms with van der Waals surface area (Å²) >= 11 is 0. The second kappa shape index (κ2) is 3.13. The van der Waals surface area contributed by atoms with E-state index in [-0.39, 0.29) is 0 Å². The lowest BCUT2D eigenvalue weighted by Gasteiger charge is -2.03. The first-order chi connectivity index (χ1) is 7.77. The molecule has 0 fully saturated rings. The van der Waals surface area contributed by atoms with Gasteiger partial charge in [-0.3, -0.25) is 9.20 Å². The summed E-state index contributed by atoms with van der Waals surface area (Å²) in [6, 6.07) is 9.31. The van der Waals surface area contributed by atoms with Crippen molar-refractivity contribution in [1.29, 1.82) is 0 Å². The van der Waals surface area contributed by atoms with Crippen molar-refractivity contribution in [2.24, 2.45) is 0 Å². The highest BCUT2D eigenvalue weighted by Crippen LogP contribution is 2.16. The molecule has 0 spiro atoms. The van der Waals surface area contributed by atoms with Gasteiger partial charge in [0.05, 0.1) is 6.20 Å². The Hall–Kier alpha value is -2.23. The van der Waals surface area contributed by atoms with Crippen molar-refractivity contribution in [3.05, 3.63) is 58.9 Å². The van der Waals surface area contributed by atoms with Gasteiger partial charge in [-0.25, -0.2) is 4.98 Å². The average Bonchev–Trinajstić information content (AvgIpc) is 2.33. The number of aromatic nitrogens is 2. The zero-order valence-electron chi connectivity index (χ0n) is 8.22. The van der Waals surface area contributed by atoms with Crippen LogP contribution >= 0.6 is 0 Å². The third-order valence-corrected chi connectivity index (χ3v) is 2.56. The molecule has 2 heterocycles. The molecule has 2 aromatic heterocycles. The lowest BCUT2D eigenvalue weighted by Crippen LogP contribution is -2.17. The zero-order chi connectivity index (χ0) is 11.1. The van der Waals surface area contributed by atoms with E-state index in [2.05, 4.69) is 4.98 Å². The van der Waals surface area contributed by atoms with Crippen molar-refractivity contribution in [3.8, 4) is 0 Å². The van der Waals surface area contributed by atoms with Gasteiger partial charge in [-0.15, -0.1) is 0 Å². The summed E-state index contributed by atoms with van der Waals surface area (Å²) in [5.41, 5.74) is -0.194. The van der Waals surface area contributed by atoms with Gasteiger partial charge >= 0.3 is 0 Å². The molecule has 3 nitrogen and oxygen atoms in total. The van der Waals surface area contributed by atoms with E-state index >= 15 is 0 Å². The quantitative estimate of drug-likeness (QED) is 0.536. The summed E-state index contributed by atoms with van der Waals surface area (Å²) in [5.74, 6) is -0.840. The van der Waals surface area contributed by atoms with Crippen LogP contribution in [0.15, 0.2) is 47.5 Å². The molecule has 0 bridgehead atoms. The summed E-state index contributed by atoms with van der Waals surface area (Å²) in [6.07, 6.45) is 2.50. The highest BCUT2D eigenvalue weighted by atomic mass is 19.1. The van der Waals surface area contributed by atoms with Gasteiger partial charge in [0.15, 0.2) is 0 Å². The molecule has 0 unspecified atom stereocenters. The third kappa shape index (κ3) is 1.13. The first kappa shape index (κ1) is 9.03. The standard InChI is InChI=1S/C12H7FN2O/c13-10-7-14-11-9-4-2-1-3-8(9)5-6-15(11)12(10)16/h1-7H. The Morgan fingerprint density at radius 3 is 2.88 bits per heavy atom. The molecule has 3 aromatic rings. The van der Waals surface area contributed by atoms with E-state index in [1.165, 1.54) is 10.6 Å². The number of nitrogens with zero attached hydrogens (tertiary/aromatic N) is 2. The summed E-state index contributed by atoms with van der Waals surface area (Å²) in [5, 5.41) is 1.81. The number of rotatable bonds is 0. The molecule has 16 heavy (non-hydrogen) atoms. The molecule has 3 rings (SSSR count). The Morgan fingerprint density at radius 1 is 1.19 bits per heavy atom. The van der Waals surface area contributed by atoms with Crippen LogP contribution in [0.4, 0.5) is 4.39 Å². The van der Waals surface area contributed by atoms with E-state index < -0.39 is 11.4 Å². The van der Waals surface area contributed by atoms with Crippen LogP contribution in [0.1, 0.15) is 0 Å². The van der Waals surface area contributed by atoms with Gasteiger partial charge in [-0.1, -0.05) is 24.3 Å². The molecular weight excluding hydrogens is 207 g/mol. The van der Waals surface area contributed by atoms with Gasteiger partial charge in [0.25, 0.3) is 5.56 Å². The molecule has 0 saturated carbocycles. The zero-order valence-corrected chi connectivity index (χ0v) is 8.22. The van der Waals surface area contributed by atoms with Crippen molar-refractivity contribution in [3.63, 3.8) is 0 Å². The van der Waals surface area contributed by atoms with Gasteiger partial charge < -0.3 is 0 Å². The Balaban J connectivity index is 2.63. The minimum Gasteiger partial charge on any atom is -0.266 e. The van der Waals surface area contributed by atoms with E-state index in [4.69, 9.17) is 0 Å². The van der Waals surface area contributed by atoms with Crippen LogP contribution < -0.4 is 5.56 Å². The Labute approximate surface area is 89.8 Å². The monoisotopic (exact) mass is 214 g/mol. The molecule has 0 atom stereocenters. The lowest BCUT2D eigenvalue weighted by molar-refractivity contribution is 0.598. The maximum atomic E-state index is 13.1. The normalized spacial score (nSPS) is 11.1. The van der Waals surface area contributed by atoms with Crippen LogP contribution in [0.25, 0.3) is 16.4 Å². The molecular formula is C12H7FN2O. The first-order valence-corrected chi connectivity index (χ1v) is 4.82. The van der Waals surface area contributed by atoms with Crippen LogP contribution in [0, 0.1) is 5.82 Å². The fraction of sp³-hybridized carbons (Fsp3) is 0. The molecule has 0 aliphatic rings.